The third-order valence-electron chi connectivity index (χ3n) is 1.82. The van der Waals surface area contributed by atoms with Crippen molar-refractivity contribution in [2.45, 2.75) is 6.43 Å². The van der Waals surface area contributed by atoms with E-state index < -0.39 is 6.43 Å². The van der Waals surface area contributed by atoms with Crippen LogP contribution in [0, 0.1) is 3.57 Å². The molecule has 0 atom stereocenters. The van der Waals surface area contributed by atoms with Crippen LogP contribution in [0.3, 0.4) is 0 Å². The summed E-state index contributed by atoms with van der Waals surface area (Å²) in [6.45, 7) is 0. The van der Waals surface area contributed by atoms with Crippen LogP contribution < -0.4 is 0 Å². The second-order valence-electron chi connectivity index (χ2n) is 2.72. The normalized spacial score (nSPS) is 11.5. The molecular formula is C9H4ClF2IS. The molecule has 5 heteroatoms. The van der Waals surface area contributed by atoms with E-state index in [-0.39, 0.29) is 4.88 Å². The molecule has 1 aromatic heterocycles. The predicted octanol–water partition coefficient (Wildman–Crippen LogP) is 5.10. The summed E-state index contributed by atoms with van der Waals surface area (Å²) in [5.74, 6) is 0. The van der Waals surface area contributed by atoms with Gasteiger partial charge in [-0.15, -0.1) is 11.3 Å². The van der Waals surface area contributed by atoms with Gasteiger partial charge in [-0.05, 0) is 40.8 Å². The van der Waals surface area contributed by atoms with Crippen molar-refractivity contribution >= 4 is 55.6 Å². The molecule has 2 rings (SSSR count). The Hall–Kier alpha value is 0.0600. The zero-order valence-electron chi connectivity index (χ0n) is 6.73. The molecule has 0 saturated carbocycles. The third-order valence-corrected chi connectivity index (χ3v) is 4.36. The average Bonchev–Trinajstić information content (AvgIpc) is 2.57. The minimum atomic E-state index is -2.42. The van der Waals surface area contributed by atoms with Crippen LogP contribution in [-0.2, 0) is 0 Å². The van der Waals surface area contributed by atoms with E-state index in [1.807, 2.05) is 6.07 Å². The van der Waals surface area contributed by atoms with Gasteiger partial charge in [0.25, 0.3) is 6.43 Å². The van der Waals surface area contributed by atoms with Crippen LogP contribution in [0.1, 0.15) is 11.3 Å². The van der Waals surface area contributed by atoms with Crippen molar-refractivity contribution in [3.8, 4) is 0 Å². The fourth-order valence-corrected chi connectivity index (χ4v) is 3.20. The summed E-state index contributed by atoms with van der Waals surface area (Å²) in [6.07, 6.45) is -2.42. The van der Waals surface area contributed by atoms with Gasteiger partial charge in [-0.1, -0.05) is 11.6 Å². The summed E-state index contributed by atoms with van der Waals surface area (Å²) in [4.78, 5) is 0.0750. The Morgan fingerprint density at radius 3 is 2.64 bits per heavy atom. The van der Waals surface area contributed by atoms with Crippen LogP contribution in [0.5, 0.6) is 0 Å². The van der Waals surface area contributed by atoms with Crippen LogP contribution in [0.2, 0.25) is 5.02 Å². The van der Waals surface area contributed by atoms with E-state index >= 15 is 0 Å². The number of halogens is 4. The Morgan fingerprint density at radius 1 is 1.36 bits per heavy atom. The molecule has 0 saturated heterocycles. The highest BCUT2D eigenvalue weighted by atomic mass is 127. The van der Waals surface area contributed by atoms with Gasteiger partial charge in [0, 0.05) is 8.96 Å². The molecular weight excluding hydrogens is 341 g/mol. The Kier molecular flexibility index (Phi) is 2.95. The summed E-state index contributed by atoms with van der Waals surface area (Å²) in [5, 5.41) is 1.36. The molecule has 74 valence electrons. The highest BCUT2D eigenvalue weighted by molar-refractivity contribution is 14.1. The van der Waals surface area contributed by atoms with E-state index in [0.29, 0.717) is 5.02 Å². The Balaban J connectivity index is 2.75. The summed E-state index contributed by atoms with van der Waals surface area (Å²) >= 11 is 9.08. The second-order valence-corrected chi connectivity index (χ2v) is 5.37. The van der Waals surface area contributed by atoms with Crippen LogP contribution in [0.15, 0.2) is 18.2 Å². The van der Waals surface area contributed by atoms with E-state index in [2.05, 4.69) is 22.6 Å². The summed E-state index contributed by atoms with van der Waals surface area (Å²) in [6, 6.07) is 5.07. The highest BCUT2D eigenvalue weighted by Crippen LogP contribution is 2.38. The SMILES string of the molecule is FC(F)c1cc2c(I)ccc(Cl)c2s1. The molecule has 0 unspecified atom stereocenters. The fourth-order valence-electron chi connectivity index (χ4n) is 1.18. The van der Waals surface area contributed by atoms with Crippen LogP contribution in [-0.4, -0.2) is 0 Å². The first-order chi connectivity index (χ1) is 6.59. The lowest BCUT2D eigenvalue weighted by Gasteiger charge is -1.94. The van der Waals surface area contributed by atoms with E-state index in [4.69, 9.17) is 11.6 Å². The summed E-state index contributed by atoms with van der Waals surface area (Å²) in [7, 11) is 0. The molecule has 1 heterocycles. The molecule has 0 aliphatic heterocycles. The largest absolute Gasteiger partial charge is 0.272 e. The van der Waals surface area contributed by atoms with Crippen LogP contribution >= 0.6 is 45.5 Å². The maximum Gasteiger partial charge on any atom is 0.272 e. The van der Waals surface area contributed by atoms with Gasteiger partial charge in [0.15, 0.2) is 0 Å². The van der Waals surface area contributed by atoms with Gasteiger partial charge in [0.05, 0.1) is 14.6 Å². The van der Waals surface area contributed by atoms with Crippen molar-refractivity contribution in [1.82, 2.24) is 0 Å². The topological polar surface area (TPSA) is 0 Å². The van der Waals surface area contributed by atoms with Gasteiger partial charge >= 0.3 is 0 Å². The third kappa shape index (κ3) is 1.75. The van der Waals surface area contributed by atoms with Gasteiger partial charge in [-0.3, -0.25) is 0 Å². The van der Waals surface area contributed by atoms with Gasteiger partial charge < -0.3 is 0 Å². The molecule has 0 bridgehead atoms. The summed E-state index contributed by atoms with van der Waals surface area (Å²) in [5.41, 5.74) is 0. The number of hydrogen-bond acceptors (Lipinski definition) is 1. The molecule has 0 nitrogen and oxygen atoms in total. The standard InChI is InChI=1S/C9H4ClF2IS/c10-5-1-2-6(13)4-3-7(9(11)12)14-8(4)5/h1-3,9H. The van der Waals surface area contributed by atoms with Gasteiger partial charge in [0.1, 0.15) is 0 Å². The number of benzene rings is 1. The number of alkyl halides is 2. The van der Waals surface area contributed by atoms with Gasteiger partial charge in [-0.2, -0.15) is 0 Å². The maximum atomic E-state index is 12.4. The average molecular weight is 345 g/mol. The van der Waals surface area contributed by atoms with E-state index in [1.165, 1.54) is 6.07 Å². The molecule has 2 aromatic rings. The van der Waals surface area contributed by atoms with E-state index in [1.54, 1.807) is 6.07 Å². The molecule has 0 aliphatic carbocycles. The van der Waals surface area contributed by atoms with Crippen molar-refractivity contribution in [3.05, 3.63) is 31.7 Å². The van der Waals surface area contributed by atoms with Crippen molar-refractivity contribution in [2.75, 3.05) is 0 Å². The van der Waals surface area contributed by atoms with E-state index in [0.717, 1.165) is 25.0 Å². The lowest BCUT2D eigenvalue weighted by atomic mass is 10.2. The molecule has 0 amide bonds. The molecule has 0 fully saturated rings. The van der Waals surface area contributed by atoms with E-state index in [9.17, 15) is 8.78 Å². The molecule has 0 aliphatic rings. The smallest absolute Gasteiger partial charge is 0.204 e. The molecule has 0 N–H and O–H groups in total. The number of rotatable bonds is 1. The van der Waals surface area contributed by atoms with Gasteiger partial charge in [-0.25, -0.2) is 8.78 Å². The summed E-state index contributed by atoms with van der Waals surface area (Å²) < 4.78 is 26.6. The lowest BCUT2D eigenvalue weighted by molar-refractivity contribution is 0.156. The number of fused-ring (bicyclic) bond motifs is 1. The number of thiophene rings is 1. The Morgan fingerprint density at radius 2 is 2.07 bits per heavy atom. The molecule has 14 heavy (non-hydrogen) atoms. The van der Waals surface area contributed by atoms with Crippen LogP contribution in [0.4, 0.5) is 8.78 Å². The minimum absolute atomic E-state index is 0.0750. The maximum absolute atomic E-state index is 12.4. The second kappa shape index (κ2) is 3.90. The first-order valence-corrected chi connectivity index (χ1v) is 6.02. The Bertz CT molecular complexity index is 442. The van der Waals surface area contributed by atoms with Crippen molar-refractivity contribution in [3.63, 3.8) is 0 Å². The lowest BCUT2D eigenvalue weighted by Crippen LogP contribution is -1.73. The zero-order valence-corrected chi connectivity index (χ0v) is 10.5. The predicted molar refractivity (Wildman–Crippen MR) is 64.5 cm³/mol. The fraction of sp³-hybridized carbons (Fsp3) is 0.111. The highest BCUT2D eigenvalue weighted by Gasteiger charge is 2.14. The quantitative estimate of drug-likeness (QED) is 0.632. The van der Waals surface area contributed by atoms with Crippen molar-refractivity contribution in [2.24, 2.45) is 0 Å². The van der Waals surface area contributed by atoms with Gasteiger partial charge in [0.2, 0.25) is 0 Å². The molecule has 1 aromatic carbocycles. The molecule has 0 radical (unpaired) electrons. The van der Waals surface area contributed by atoms with Crippen LogP contribution in [0.25, 0.3) is 10.1 Å². The number of hydrogen-bond donors (Lipinski definition) is 0. The van der Waals surface area contributed by atoms with Crippen molar-refractivity contribution in [1.29, 1.82) is 0 Å². The minimum Gasteiger partial charge on any atom is -0.204 e. The van der Waals surface area contributed by atoms with Crippen molar-refractivity contribution < 1.29 is 8.78 Å². The zero-order chi connectivity index (χ0) is 10.3. The first kappa shape index (κ1) is 10.6. The first-order valence-electron chi connectivity index (χ1n) is 3.75. The molecule has 0 spiro atoms. The monoisotopic (exact) mass is 344 g/mol. The Labute approximate surface area is 102 Å².